The molecule has 0 saturated carbocycles. The van der Waals surface area contributed by atoms with Crippen LogP contribution in [0.5, 0.6) is 0 Å². The van der Waals surface area contributed by atoms with Crippen LogP contribution in [0.2, 0.25) is 0 Å². The number of hydrogen-bond donors (Lipinski definition) is 0. The van der Waals surface area contributed by atoms with Gasteiger partial charge in [-0.25, -0.2) is 9.97 Å². The molecule has 2 aromatic heterocycles. The van der Waals surface area contributed by atoms with Crippen LogP contribution in [0.25, 0.3) is 10.9 Å². The summed E-state index contributed by atoms with van der Waals surface area (Å²) in [5.74, 6) is 1.02. The van der Waals surface area contributed by atoms with Gasteiger partial charge in [-0.05, 0) is 47.9 Å². The molecule has 118 valence electrons. The van der Waals surface area contributed by atoms with Crippen LogP contribution in [-0.4, -0.2) is 29.2 Å². The van der Waals surface area contributed by atoms with Crippen LogP contribution in [0.3, 0.4) is 0 Å². The maximum Gasteiger partial charge on any atom is 0.140 e. The Labute approximate surface area is 139 Å². The molecule has 0 bridgehead atoms. The number of hydrogen-bond acceptors (Lipinski definition) is 5. The average Bonchev–Trinajstić information content (AvgIpc) is 3.08. The van der Waals surface area contributed by atoms with Gasteiger partial charge in [-0.2, -0.15) is 11.3 Å². The van der Waals surface area contributed by atoms with Crippen LogP contribution >= 0.6 is 11.3 Å². The molecule has 1 saturated heterocycles. The fraction of sp³-hybridized carbons (Fsp3) is 0.333. The average molecular weight is 325 g/mol. The van der Waals surface area contributed by atoms with Crippen LogP contribution < -0.4 is 4.90 Å². The Morgan fingerprint density at radius 2 is 2.13 bits per heavy atom. The number of aromatic nitrogens is 2. The predicted octanol–water partition coefficient (Wildman–Crippen LogP) is 3.97. The Kier molecular flexibility index (Phi) is 3.75. The number of ether oxygens (including phenoxy) is 1. The van der Waals surface area contributed by atoms with Gasteiger partial charge in [0.2, 0.25) is 0 Å². The maximum atomic E-state index is 6.15. The highest BCUT2D eigenvalue weighted by molar-refractivity contribution is 7.07. The molecule has 0 spiro atoms. The minimum atomic E-state index is 0.0963. The summed E-state index contributed by atoms with van der Waals surface area (Å²) in [6.45, 7) is 5.92. The Balaban J connectivity index is 1.75. The Bertz CT molecular complexity index is 813. The van der Waals surface area contributed by atoms with E-state index in [0.29, 0.717) is 0 Å². The van der Waals surface area contributed by atoms with Gasteiger partial charge in [0.25, 0.3) is 0 Å². The number of nitrogens with zero attached hydrogens (tertiary/aromatic N) is 3. The molecular formula is C18H19N3OS. The SMILES string of the molecule is Cc1cccc2ncnc(N3CC(C)OC(c4ccsc4)C3)c12. The number of morpholine rings is 1. The third-order valence-electron chi connectivity index (χ3n) is 4.33. The first-order valence-corrected chi connectivity index (χ1v) is 8.79. The van der Waals surface area contributed by atoms with Gasteiger partial charge in [0.15, 0.2) is 0 Å². The normalized spacial score (nSPS) is 21.7. The monoisotopic (exact) mass is 325 g/mol. The van der Waals surface area contributed by atoms with Crippen LogP contribution in [0, 0.1) is 6.92 Å². The van der Waals surface area contributed by atoms with Gasteiger partial charge in [0.05, 0.1) is 11.6 Å². The molecule has 3 aromatic rings. The van der Waals surface area contributed by atoms with E-state index in [0.717, 1.165) is 29.8 Å². The second-order valence-electron chi connectivity index (χ2n) is 6.06. The molecule has 0 N–H and O–H groups in total. The fourth-order valence-electron chi connectivity index (χ4n) is 3.27. The first-order valence-electron chi connectivity index (χ1n) is 7.85. The van der Waals surface area contributed by atoms with E-state index in [-0.39, 0.29) is 12.2 Å². The summed E-state index contributed by atoms with van der Waals surface area (Å²) in [6.07, 6.45) is 1.93. The molecule has 4 rings (SSSR count). The zero-order chi connectivity index (χ0) is 15.8. The van der Waals surface area contributed by atoms with Gasteiger partial charge in [-0.15, -0.1) is 0 Å². The van der Waals surface area contributed by atoms with Gasteiger partial charge in [0, 0.05) is 18.5 Å². The summed E-state index contributed by atoms with van der Waals surface area (Å²) >= 11 is 1.71. The van der Waals surface area contributed by atoms with Crippen molar-refractivity contribution >= 4 is 28.1 Å². The standard InChI is InChI=1S/C18H19N3OS/c1-12-4-3-5-15-17(12)18(20-11-19-15)21-8-13(2)22-16(9-21)14-6-7-23-10-14/h3-7,10-11,13,16H,8-9H2,1-2H3. The van der Waals surface area contributed by atoms with Crippen molar-refractivity contribution in [3.8, 4) is 0 Å². The van der Waals surface area contributed by atoms with Crippen LogP contribution in [0.1, 0.15) is 24.2 Å². The first-order chi connectivity index (χ1) is 11.2. The second-order valence-corrected chi connectivity index (χ2v) is 6.84. The van der Waals surface area contributed by atoms with Gasteiger partial charge < -0.3 is 9.64 Å². The van der Waals surface area contributed by atoms with Crippen LogP contribution in [0.4, 0.5) is 5.82 Å². The van der Waals surface area contributed by atoms with E-state index in [9.17, 15) is 0 Å². The van der Waals surface area contributed by atoms with Crippen LogP contribution in [-0.2, 0) is 4.74 Å². The van der Waals surface area contributed by atoms with E-state index in [1.165, 1.54) is 11.1 Å². The van der Waals surface area contributed by atoms with E-state index in [4.69, 9.17) is 4.74 Å². The lowest BCUT2D eigenvalue weighted by Gasteiger charge is -2.37. The smallest absolute Gasteiger partial charge is 0.140 e. The van der Waals surface area contributed by atoms with Gasteiger partial charge in [0.1, 0.15) is 18.2 Å². The van der Waals surface area contributed by atoms with Crippen molar-refractivity contribution in [1.29, 1.82) is 0 Å². The fourth-order valence-corrected chi connectivity index (χ4v) is 3.97. The summed E-state index contributed by atoms with van der Waals surface area (Å²) in [7, 11) is 0. The highest BCUT2D eigenvalue weighted by Crippen LogP contribution is 2.32. The highest BCUT2D eigenvalue weighted by atomic mass is 32.1. The van der Waals surface area contributed by atoms with Crippen LogP contribution in [0.15, 0.2) is 41.4 Å². The molecule has 0 aliphatic carbocycles. The van der Waals surface area contributed by atoms with E-state index < -0.39 is 0 Å². The molecule has 1 aliphatic rings. The van der Waals surface area contributed by atoms with Gasteiger partial charge in [-0.3, -0.25) is 0 Å². The van der Waals surface area contributed by atoms with Crippen molar-refractivity contribution in [1.82, 2.24) is 9.97 Å². The van der Waals surface area contributed by atoms with Crippen molar-refractivity contribution in [3.63, 3.8) is 0 Å². The molecule has 5 heteroatoms. The number of benzene rings is 1. The van der Waals surface area contributed by atoms with Gasteiger partial charge in [-0.1, -0.05) is 12.1 Å². The Morgan fingerprint density at radius 3 is 2.96 bits per heavy atom. The molecule has 2 atom stereocenters. The lowest BCUT2D eigenvalue weighted by Crippen LogP contribution is -2.43. The van der Waals surface area contributed by atoms with Crippen molar-refractivity contribution in [2.45, 2.75) is 26.1 Å². The molecule has 1 fully saturated rings. The number of thiophene rings is 1. The largest absolute Gasteiger partial charge is 0.367 e. The predicted molar refractivity (Wildman–Crippen MR) is 94.1 cm³/mol. The molecule has 4 nitrogen and oxygen atoms in total. The minimum absolute atomic E-state index is 0.0963. The summed E-state index contributed by atoms with van der Waals surface area (Å²) < 4.78 is 6.15. The maximum absolute atomic E-state index is 6.15. The Hall–Kier alpha value is -1.98. The topological polar surface area (TPSA) is 38.2 Å². The van der Waals surface area contributed by atoms with Crippen molar-refractivity contribution in [2.75, 3.05) is 18.0 Å². The molecule has 23 heavy (non-hydrogen) atoms. The van der Waals surface area contributed by atoms with E-state index in [1.807, 2.05) is 12.1 Å². The zero-order valence-corrected chi connectivity index (χ0v) is 14.1. The van der Waals surface area contributed by atoms with Crippen molar-refractivity contribution < 1.29 is 4.74 Å². The lowest BCUT2D eigenvalue weighted by atomic mass is 10.1. The number of fused-ring (bicyclic) bond motifs is 1. The summed E-state index contributed by atoms with van der Waals surface area (Å²) in [4.78, 5) is 11.4. The number of rotatable bonds is 2. The molecule has 0 radical (unpaired) electrons. The van der Waals surface area contributed by atoms with Gasteiger partial charge >= 0.3 is 0 Å². The minimum Gasteiger partial charge on any atom is -0.367 e. The van der Waals surface area contributed by atoms with E-state index in [2.05, 4.69) is 51.6 Å². The molecule has 2 unspecified atom stereocenters. The third-order valence-corrected chi connectivity index (χ3v) is 5.03. The zero-order valence-electron chi connectivity index (χ0n) is 13.3. The Morgan fingerprint density at radius 1 is 1.22 bits per heavy atom. The van der Waals surface area contributed by atoms with E-state index in [1.54, 1.807) is 17.7 Å². The second kappa shape index (κ2) is 5.91. The summed E-state index contributed by atoms with van der Waals surface area (Å²) in [6, 6.07) is 8.36. The molecule has 0 amide bonds. The molecular weight excluding hydrogens is 306 g/mol. The molecule has 3 heterocycles. The van der Waals surface area contributed by atoms with E-state index >= 15 is 0 Å². The molecule has 1 aliphatic heterocycles. The van der Waals surface area contributed by atoms with Crippen molar-refractivity contribution in [3.05, 3.63) is 52.5 Å². The summed E-state index contributed by atoms with van der Waals surface area (Å²) in [5.41, 5.74) is 3.46. The number of anilines is 1. The summed E-state index contributed by atoms with van der Waals surface area (Å²) in [5, 5.41) is 5.42. The number of aryl methyl sites for hydroxylation is 1. The quantitative estimate of drug-likeness (QED) is 0.715. The first kappa shape index (κ1) is 14.6. The highest BCUT2D eigenvalue weighted by Gasteiger charge is 2.28. The lowest BCUT2D eigenvalue weighted by molar-refractivity contribution is -0.0173. The van der Waals surface area contributed by atoms with Crippen molar-refractivity contribution in [2.24, 2.45) is 0 Å². The molecule has 1 aromatic carbocycles. The third kappa shape index (κ3) is 2.71.